The van der Waals surface area contributed by atoms with Crippen molar-refractivity contribution in [3.8, 4) is 0 Å². The Morgan fingerprint density at radius 3 is 2.41 bits per heavy atom. The smallest absolute Gasteiger partial charge is 0.326 e. The third kappa shape index (κ3) is 3.63. The van der Waals surface area contributed by atoms with E-state index in [4.69, 9.17) is 11.6 Å². The maximum Gasteiger partial charge on any atom is 0.417 e. The predicted molar refractivity (Wildman–Crippen MR) is 59.9 cm³/mol. The Kier molecular flexibility index (Phi) is 4.03. The van der Waals surface area contributed by atoms with E-state index in [-0.39, 0.29) is 22.5 Å². The topological polar surface area (TPSA) is 29.1 Å². The van der Waals surface area contributed by atoms with Crippen LogP contribution in [-0.4, -0.2) is 5.91 Å². The molecule has 0 spiro atoms. The number of anilines is 1. The molecule has 0 saturated heterocycles. The van der Waals surface area contributed by atoms with Gasteiger partial charge in [0.25, 0.3) is 0 Å². The van der Waals surface area contributed by atoms with Crippen molar-refractivity contribution in [1.82, 2.24) is 0 Å². The molecule has 1 N–H and O–H groups in total. The maximum absolute atomic E-state index is 12.5. The highest BCUT2D eigenvalue weighted by Crippen LogP contribution is 2.36. The molecular weight excluding hydrogens is 255 g/mol. The van der Waals surface area contributed by atoms with Crippen LogP contribution in [0.3, 0.4) is 0 Å². The van der Waals surface area contributed by atoms with Crippen LogP contribution in [0.15, 0.2) is 18.2 Å². The second kappa shape index (κ2) is 4.96. The molecule has 0 fully saturated rings. The Hall–Kier alpha value is -1.23. The second-order valence-electron chi connectivity index (χ2n) is 3.84. The summed E-state index contributed by atoms with van der Waals surface area (Å²) >= 11 is 5.45. The summed E-state index contributed by atoms with van der Waals surface area (Å²) in [6, 6.07) is 3.26. The van der Waals surface area contributed by atoms with Gasteiger partial charge in [-0.05, 0) is 18.2 Å². The predicted octanol–water partition coefficient (Wildman–Crippen LogP) is 3.95. The Morgan fingerprint density at radius 2 is 1.94 bits per heavy atom. The van der Waals surface area contributed by atoms with E-state index in [1.165, 1.54) is 6.07 Å². The number of halogens is 4. The first-order valence-corrected chi connectivity index (χ1v) is 5.27. The fourth-order valence-corrected chi connectivity index (χ4v) is 1.33. The number of amides is 1. The molecule has 0 aromatic heterocycles. The number of rotatable bonds is 2. The number of nitrogens with one attached hydrogen (secondary N) is 1. The summed E-state index contributed by atoms with van der Waals surface area (Å²) < 4.78 is 37.6. The van der Waals surface area contributed by atoms with Gasteiger partial charge in [-0.25, -0.2) is 0 Å². The van der Waals surface area contributed by atoms with Gasteiger partial charge in [-0.2, -0.15) is 13.2 Å². The molecular formula is C11H11ClF3NO. The molecule has 1 aromatic rings. The third-order valence-corrected chi connectivity index (χ3v) is 2.39. The van der Waals surface area contributed by atoms with Crippen LogP contribution in [0, 0.1) is 5.92 Å². The van der Waals surface area contributed by atoms with Gasteiger partial charge in [-0.1, -0.05) is 25.4 Å². The standard InChI is InChI=1S/C11H11ClF3NO/c1-6(2)10(17)16-7-3-4-9(12)8(5-7)11(13,14)15/h3-6H,1-2H3,(H,16,17). The molecule has 0 bridgehead atoms. The van der Waals surface area contributed by atoms with E-state index in [2.05, 4.69) is 5.32 Å². The van der Waals surface area contributed by atoms with Gasteiger partial charge in [0.15, 0.2) is 0 Å². The Bertz CT molecular complexity index is 429. The zero-order valence-corrected chi connectivity index (χ0v) is 9.99. The van der Waals surface area contributed by atoms with E-state index in [1.54, 1.807) is 13.8 Å². The average molecular weight is 266 g/mol. The Morgan fingerprint density at radius 1 is 1.35 bits per heavy atom. The molecule has 1 aromatic carbocycles. The lowest BCUT2D eigenvalue weighted by Gasteiger charge is -2.12. The summed E-state index contributed by atoms with van der Waals surface area (Å²) in [7, 11) is 0. The highest BCUT2D eigenvalue weighted by molar-refractivity contribution is 6.31. The molecule has 1 amide bonds. The van der Waals surface area contributed by atoms with Crippen molar-refractivity contribution in [3.63, 3.8) is 0 Å². The number of benzene rings is 1. The number of hydrogen-bond acceptors (Lipinski definition) is 1. The van der Waals surface area contributed by atoms with Crippen molar-refractivity contribution in [2.24, 2.45) is 5.92 Å². The molecule has 6 heteroatoms. The van der Waals surface area contributed by atoms with Crippen molar-refractivity contribution < 1.29 is 18.0 Å². The molecule has 0 aliphatic carbocycles. The van der Waals surface area contributed by atoms with Crippen molar-refractivity contribution >= 4 is 23.2 Å². The fourth-order valence-electron chi connectivity index (χ4n) is 1.11. The van der Waals surface area contributed by atoms with Gasteiger partial charge in [0.2, 0.25) is 5.91 Å². The largest absolute Gasteiger partial charge is 0.417 e. The zero-order chi connectivity index (χ0) is 13.2. The molecule has 0 heterocycles. The van der Waals surface area contributed by atoms with Crippen molar-refractivity contribution in [3.05, 3.63) is 28.8 Å². The van der Waals surface area contributed by atoms with Crippen LogP contribution in [0.1, 0.15) is 19.4 Å². The fraction of sp³-hybridized carbons (Fsp3) is 0.364. The molecule has 2 nitrogen and oxygen atoms in total. The van der Waals surface area contributed by atoms with Gasteiger partial charge in [0.05, 0.1) is 10.6 Å². The first-order valence-electron chi connectivity index (χ1n) is 4.89. The van der Waals surface area contributed by atoms with Crippen molar-refractivity contribution in [2.75, 3.05) is 5.32 Å². The lowest BCUT2D eigenvalue weighted by molar-refractivity contribution is -0.137. The Labute approximate surface area is 102 Å². The van der Waals surface area contributed by atoms with E-state index >= 15 is 0 Å². The first kappa shape index (κ1) is 13.8. The maximum atomic E-state index is 12.5. The minimum atomic E-state index is -4.53. The minimum absolute atomic E-state index is 0.0837. The summed E-state index contributed by atoms with van der Waals surface area (Å²) in [5, 5.41) is 1.99. The van der Waals surface area contributed by atoms with E-state index in [1.807, 2.05) is 0 Å². The second-order valence-corrected chi connectivity index (χ2v) is 4.24. The molecule has 0 atom stereocenters. The third-order valence-electron chi connectivity index (χ3n) is 2.06. The number of alkyl halides is 3. The zero-order valence-electron chi connectivity index (χ0n) is 9.23. The van der Waals surface area contributed by atoms with Gasteiger partial charge >= 0.3 is 6.18 Å². The van der Waals surface area contributed by atoms with Gasteiger partial charge in [0, 0.05) is 11.6 Å². The van der Waals surface area contributed by atoms with Crippen LogP contribution in [0.5, 0.6) is 0 Å². The summed E-state index contributed by atoms with van der Waals surface area (Å²) in [6.07, 6.45) is -4.53. The molecule has 1 rings (SSSR count). The van der Waals surface area contributed by atoms with Crippen molar-refractivity contribution in [2.45, 2.75) is 20.0 Å². The molecule has 17 heavy (non-hydrogen) atoms. The van der Waals surface area contributed by atoms with Crippen LogP contribution in [0.25, 0.3) is 0 Å². The van der Waals surface area contributed by atoms with E-state index < -0.39 is 11.7 Å². The van der Waals surface area contributed by atoms with Gasteiger partial charge < -0.3 is 5.32 Å². The normalized spacial score (nSPS) is 11.7. The lowest BCUT2D eigenvalue weighted by atomic mass is 10.1. The van der Waals surface area contributed by atoms with E-state index in [0.717, 1.165) is 12.1 Å². The first-order chi connectivity index (χ1) is 7.71. The van der Waals surface area contributed by atoms with Crippen LogP contribution >= 0.6 is 11.6 Å². The molecule has 0 unspecified atom stereocenters. The number of carbonyl (C=O) groups is 1. The van der Waals surface area contributed by atoms with Crippen LogP contribution in [0.2, 0.25) is 5.02 Å². The van der Waals surface area contributed by atoms with Gasteiger partial charge in [-0.3, -0.25) is 4.79 Å². The van der Waals surface area contributed by atoms with E-state index in [0.29, 0.717) is 0 Å². The molecule has 0 saturated carbocycles. The summed E-state index contributed by atoms with van der Waals surface area (Å²) in [6.45, 7) is 3.30. The number of carbonyl (C=O) groups excluding carboxylic acids is 1. The van der Waals surface area contributed by atoms with E-state index in [9.17, 15) is 18.0 Å². The molecule has 94 valence electrons. The summed E-state index contributed by atoms with van der Waals surface area (Å²) in [5.41, 5.74) is -0.874. The van der Waals surface area contributed by atoms with Crippen LogP contribution in [-0.2, 0) is 11.0 Å². The molecule has 0 aliphatic heterocycles. The molecule has 0 aliphatic rings. The quantitative estimate of drug-likeness (QED) is 0.862. The molecule has 0 radical (unpaired) electrons. The van der Waals surface area contributed by atoms with Gasteiger partial charge in [0.1, 0.15) is 0 Å². The SMILES string of the molecule is CC(C)C(=O)Nc1ccc(Cl)c(C(F)(F)F)c1. The van der Waals surface area contributed by atoms with Gasteiger partial charge in [-0.15, -0.1) is 0 Å². The highest BCUT2D eigenvalue weighted by atomic mass is 35.5. The highest BCUT2D eigenvalue weighted by Gasteiger charge is 2.33. The summed E-state index contributed by atoms with van der Waals surface area (Å²) in [4.78, 5) is 11.3. The van der Waals surface area contributed by atoms with Crippen LogP contribution in [0.4, 0.5) is 18.9 Å². The monoisotopic (exact) mass is 265 g/mol. The summed E-state index contributed by atoms with van der Waals surface area (Å²) in [5.74, 6) is -0.652. The minimum Gasteiger partial charge on any atom is -0.326 e. The Balaban J connectivity index is 3.01. The average Bonchev–Trinajstić information content (AvgIpc) is 2.19. The number of hydrogen-bond donors (Lipinski definition) is 1. The van der Waals surface area contributed by atoms with Crippen molar-refractivity contribution in [1.29, 1.82) is 0 Å². The lowest BCUT2D eigenvalue weighted by Crippen LogP contribution is -2.18. The van der Waals surface area contributed by atoms with Crippen LogP contribution < -0.4 is 5.32 Å².